The van der Waals surface area contributed by atoms with E-state index in [-0.39, 0.29) is 57.2 Å². The van der Waals surface area contributed by atoms with E-state index in [1.54, 1.807) is 0 Å². The molecule has 27 heteroatoms. The van der Waals surface area contributed by atoms with Crippen molar-refractivity contribution in [2.45, 2.75) is 88.1 Å². The smallest absolute Gasteiger partial charge is 0.435 e. The number of nitrogens with one attached hydrogen (secondary N) is 2. The number of hydrogen-bond acceptors (Lipinski definition) is 8. The molecule has 1 aliphatic rings. The normalized spacial score (nSPS) is 14.9. The first-order chi connectivity index (χ1) is 32.5. The van der Waals surface area contributed by atoms with Gasteiger partial charge in [0, 0.05) is 65.5 Å². The van der Waals surface area contributed by atoms with Gasteiger partial charge >= 0.3 is 24.4 Å². The summed E-state index contributed by atoms with van der Waals surface area (Å²) in [6, 6.07) is 4.18. The maximum atomic E-state index is 15.1. The third-order valence-electron chi connectivity index (χ3n) is 10.7. The van der Waals surface area contributed by atoms with Crippen LogP contribution >= 0.6 is 11.6 Å². The highest BCUT2D eigenvalue weighted by atomic mass is 35.5. The molecule has 70 heavy (non-hydrogen) atoms. The van der Waals surface area contributed by atoms with E-state index in [0.29, 0.717) is 15.1 Å². The minimum absolute atomic E-state index is 0.103. The van der Waals surface area contributed by atoms with Gasteiger partial charge in [0.1, 0.15) is 51.8 Å². The van der Waals surface area contributed by atoms with Crippen LogP contribution in [0.3, 0.4) is 0 Å². The van der Waals surface area contributed by atoms with E-state index in [4.69, 9.17) is 16.7 Å². The molecule has 3 atom stereocenters. The molecule has 0 saturated heterocycles. The van der Waals surface area contributed by atoms with Gasteiger partial charge in [-0.15, -0.1) is 0 Å². The topological polar surface area (TPSA) is 181 Å². The van der Waals surface area contributed by atoms with Crippen LogP contribution in [0.5, 0.6) is 0 Å². The predicted molar refractivity (Wildman–Crippen MR) is 236 cm³/mol. The van der Waals surface area contributed by atoms with Gasteiger partial charge in [0.2, 0.25) is 5.91 Å². The van der Waals surface area contributed by atoms with Crippen molar-refractivity contribution in [1.29, 1.82) is 0 Å². The van der Waals surface area contributed by atoms with Crippen LogP contribution < -0.4 is 14.9 Å². The van der Waals surface area contributed by atoms with Crippen molar-refractivity contribution in [3.05, 3.63) is 93.0 Å². The molecule has 3 aromatic heterocycles. The molecule has 6 rings (SSSR count). The van der Waals surface area contributed by atoms with Crippen LogP contribution in [-0.4, -0.2) is 86.0 Å². The summed E-state index contributed by atoms with van der Waals surface area (Å²) in [6.45, 7) is -0.383. The van der Waals surface area contributed by atoms with Crippen LogP contribution in [0.15, 0.2) is 42.5 Å². The highest BCUT2D eigenvalue weighted by Crippen LogP contribution is 2.47. The van der Waals surface area contributed by atoms with Crippen molar-refractivity contribution in [1.82, 2.24) is 35.2 Å². The van der Waals surface area contributed by atoms with Crippen molar-refractivity contribution in [3.63, 3.8) is 0 Å². The summed E-state index contributed by atoms with van der Waals surface area (Å²) in [5, 5.41) is 20.4. The van der Waals surface area contributed by atoms with Gasteiger partial charge in [-0.2, -0.15) is 49.6 Å². The Kier molecular flexibility index (Phi) is 15.5. The zero-order valence-corrected chi connectivity index (χ0v) is 39.3. The number of hydrogen-bond donors (Lipinski definition) is 3. The van der Waals surface area contributed by atoms with E-state index in [1.807, 2.05) is 0 Å². The fourth-order valence-electron chi connectivity index (χ4n) is 7.52. The number of carbonyl (C=O) groups excluding carboxylic acids is 2. The highest BCUT2D eigenvalue weighted by Gasteiger charge is 2.50. The lowest BCUT2D eigenvalue weighted by molar-refractivity contribution is -0.143. The molecule has 2 aromatic carbocycles. The number of rotatable bonds is 15. The van der Waals surface area contributed by atoms with E-state index in [1.165, 1.54) is 38.3 Å². The molecule has 0 saturated carbocycles. The van der Waals surface area contributed by atoms with Gasteiger partial charge in [-0.3, -0.25) is 23.2 Å². The number of anilines is 1. The minimum atomic E-state index is -5.20. The second-order valence-corrected chi connectivity index (χ2v) is 19.9. The summed E-state index contributed by atoms with van der Waals surface area (Å²) in [4.78, 5) is 43.2. The molecule has 0 spiro atoms. The molecular weight excluding hydrogens is 1010 g/mol. The molecule has 3 unspecified atom stereocenters. The first-order valence-electron chi connectivity index (χ1n) is 20.5. The molecule has 376 valence electrons. The van der Waals surface area contributed by atoms with Crippen LogP contribution in [-0.2, 0) is 69.4 Å². The number of aliphatic carboxylic acids is 1. The Bertz CT molecular complexity index is 2980. The number of aromatic nitrogens is 5. The molecule has 3 amide bonds. The van der Waals surface area contributed by atoms with Gasteiger partial charge in [-0.05, 0) is 74.9 Å². The zero-order chi connectivity index (χ0) is 51.8. The van der Waals surface area contributed by atoms with E-state index in [0.717, 1.165) is 24.5 Å². The molecular formula is C43H39ClF10N8O6S2. The molecule has 0 aliphatic heterocycles. The summed E-state index contributed by atoms with van der Waals surface area (Å²) >= 11 is 6.66. The maximum Gasteiger partial charge on any atom is 0.435 e. The van der Waals surface area contributed by atoms with Crippen LogP contribution in [0.1, 0.15) is 73.1 Å². The van der Waals surface area contributed by atoms with Crippen molar-refractivity contribution in [2.75, 3.05) is 23.4 Å². The summed E-state index contributed by atoms with van der Waals surface area (Å²) in [7, 11) is -3.96. The molecule has 0 radical (unpaired) electrons. The van der Waals surface area contributed by atoms with Crippen molar-refractivity contribution in [3.8, 4) is 23.0 Å². The quantitative estimate of drug-likeness (QED) is 0.0530. The summed E-state index contributed by atoms with van der Waals surface area (Å²) in [5.74, 6) is -3.71. The van der Waals surface area contributed by atoms with Gasteiger partial charge in [-0.25, -0.2) is 22.8 Å². The average molecular weight is 1050 g/mol. The van der Waals surface area contributed by atoms with Crippen LogP contribution in [0.4, 0.5) is 54.5 Å². The van der Waals surface area contributed by atoms with E-state index in [9.17, 15) is 57.9 Å². The van der Waals surface area contributed by atoms with Crippen LogP contribution in [0.2, 0.25) is 5.02 Å². The van der Waals surface area contributed by atoms with E-state index in [2.05, 4.69) is 37.7 Å². The first kappa shape index (κ1) is 53.3. The van der Waals surface area contributed by atoms with E-state index >= 15 is 8.78 Å². The van der Waals surface area contributed by atoms with Gasteiger partial charge in [0.05, 0.1) is 27.7 Å². The average Bonchev–Trinajstić information content (AvgIpc) is 3.89. The number of carboxylic acids is 1. The first-order valence-corrected chi connectivity index (χ1v) is 24.0. The molecule has 0 fully saturated rings. The molecule has 3 N–H and O–H groups in total. The van der Waals surface area contributed by atoms with Crippen molar-refractivity contribution >= 4 is 68.0 Å². The SMILES string of the molecule is CS(=O)N(C(=O)NCCCC(=O)O)c1nn(CC(F)(F)F)c2c(-c3ccc(C#CC(C)(C)S(C)=O)nc3C(Cc3cc(F)cc(F)c3)NC(=O)Cn3nc(C(F)(F)F)c4c3C(F)(F)CC4)ccc(Cl)c12. The lowest BCUT2D eigenvalue weighted by Gasteiger charge is -2.23. The zero-order valence-electron chi connectivity index (χ0n) is 36.9. The predicted octanol–water partition coefficient (Wildman–Crippen LogP) is 8.13. The number of carboxylic acid groups (broad SMARTS) is 1. The molecule has 3 heterocycles. The molecule has 1 aliphatic carbocycles. The maximum absolute atomic E-state index is 15.1. The number of nitrogens with zero attached hydrogens (tertiary/aromatic N) is 6. The largest absolute Gasteiger partial charge is 0.481 e. The van der Waals surface area contributed by atoms with Crippen molar-refractivity contribution < 1.29 is 71.8 Å². The fraction of sp³-hybridized carbons (Fsp3) is 0.395. The highest BCUT2D eigenvalue weighted by molar-refractivity contribution is 7.86. The third kappa shape index (κ3) is 12.1. The minimum Gasteiger partial charge on any atom is -0.481 e. The number of pyridine rings is 1. The number of benzene rings is 2. The lowest BCUT2D eigenvalue weighted by atomic mass is 9.93. The monoisotopic (exact) mass is 1050 g/mol. The Morgan fingerprint density at radius 3 is 2.23 bits per heavy atom. The van der Waals surface area contributed by atoms with Crippen molar-refractivity contribution in [2.24, 2.45) is 0 Å². The Balaban J connectivity index is 1.61. The number of amides is 3. The second kappa shape index (κ2) is 20.3. The van der Waals surface area contributed by atoms with Gasteiger partial charge < -0.3 is 15.7 Å². The van der Waals surface area contributed by atoms with E-state index < -0.39 is 146 Å². The fourth-order valence-corrected chi connectivity index (χ4v) is 8.62. The lowest BCUT2D eigenvalue weighted by Crippen LogP contribution is -2.41. The Labute approximate surface area is 401 Å². The Hall–Kier alpha value is -6.07. The number of urea groups is 1. The van der Waals surface area contributed by atoms with Crippen LogP contribution in [0.25, 0.3) is 22.0 Å². The van der Waals surface area contributed by atoms with Gasteiger partial charge in [0.15, 0.2) is 11.5 Å². The number of alkyl halides is 8. The Morgan fingerprint density at radius 1 is 0.971 bits per heavy atom. The van der Waals surface area contributed by atoms with Crippen LogP contribution in [0, 0.1) is 23.5 Å². The third-order valence-corrected chi connectivity index (χ3v) is 13.4. The summed E-state index contributed by atoms with van der Waals surface area (Å²) < 4.78 is 171. The molecule has 0 bridgehead atoms. The van der Waals surface area contributed by atoms with Gasteiger partial charge in [-0.1, -0.05) is 23.6 Å². The standard InChI is InChI=1S/C43H39ClF10N8O6S2/c1-40(2,69(3)67)13-11-25-7-8-26(27-9-10-29(44)33-35(27)61(21-42(49,50)51)59-38(33)62(70(4)68)39(66)55-15-5-6-32(64)65)34(56-25)30(18-22-16-23(45)19-24(46)17-22)57-31(63)20-60-37-28(12-14-41(37,47)48)36(58-60)43(52,53)54/h7-10,16-17,19,30H,5-6,12,14-15,18,20-21H2,1-4H3,(H,55,66)(H,57,63)(H,64,65). The second-order valence-electron chi connectivity index (χ2n) is 16.3. The number of carbonyl (C=O) groups is 3. The number of halogens is 11. The summed E-state index contributed by atoms with van der Waals surface area (Å²) in [6.07, 6.45) is -10.8. The number of fused-ring (bicyclic) bond motifs is 2. The summed E-state index contributed by atoms with van der Waals surface area (Å²) in [5.41, 5.74) is -5.27. The Morgan fingerprint density at radius 2 is 1.63 bits per heavy atom. The van der Waals surface area contributed by atoms with Gasteiger partial charge in [0.25, 0.3) is 5.92 Å². The molecule has 14 nitrogen and oxygen atoms in total. The molecule has 5 aromatic rings.